The molecule has 0 unspecified atom stereocenters. The normalized spacial score (nSPS) is 19.3. The standard InChI is InChI=1S/C21H28N4O/c1-21(2,3)19-11-22-20(23-19)18-14-26-10-9-25(18)13-15-12-24(4)17-8-6-5-7-16(15)17/h5-8,11-12,18H,9-10,13-14H2,1-4H3,(H,22,23)/t18-/m0/s1. The molecule has 0 aliphatic carbocycles. The van der Waals surface area contributed by atoms with Crippen LogP contribution >= 0.6 is 0 Å². The zero-order valence-electron chi connectivity index (χ0n) is 16.1. The molecule has 1 aliphatic heterocycles. The Kier molecular flexibility index (Phi) is 4.37. The Bertz CT molecular complexity index is 902. The van der Waals surface area contributed by atoms with E-state index in [-0.39, 0.29) is 11.5 Å². The third-order valence-corrected chi connectivity index (χ3v) is 5.31. The quantitative estimate of drug-likeness (QED) is 0.780. The maximum Gasteiger partial charge on any atom is 0.126 e. The van der Waals surface area contributed by atoms with Crippen LogP contribution in [-0.4, -0.2) is 39.2 Å². The number of H-pyrrole nitrogens is 1. The fourth-order valence-corrected chi connectivity index (χ4v) is 3.74. The molecule has 2 aromatic heterocycles. The van der Waals surface area contributed by atoms with Gasteiger partial charge in [0.15, 0.2) is 0 Å². The van der Waals surface area contributed by atoms with Crippen molar-refractivity contribution in [2.75, 3.05) is 19.8 Å². The molecule has 0 saturated carbocycles. The monoisotopic (exact) mass is 352 g/mol. The van der Waals surface area contributed by atoms with E-state index in [9.17, 15) is 0 Å². The highest BCUT2D eigenvalue weighted by molar-refractivity contribution is 5.83. The molecule has 3 heterocycles. The molecule has 1 N–H and O–H groups in total. The van der Waals surface area contributed by atoms with Gasteiger partial charge in [-0.3, -0.25) is 4.90 Å². The molecule has 138 valence electrons. The molecule has 1 atom stereocenters. The molecular formula is C21H28N4O. The molecule has 1 aromatic carbocycles. The first kappa shape index (κ1) is 17.3. The van der Waals surface area contributed by atoms with E-state index in [1.165, 1.54) is 22.2 Å². The van der Waals surface area contributed by atoms with Crippen LogP contribution in [0.3, 0.4) is 0 Å². The summed E-state index contributed by atoms with van der Waals surface area (Å²) in [5, 5.41) is 1.33. The number of aromatic nitrogens is 3. The maximum atomic E-state index is 5.79. The lowest BCUT2D eigenvalue weighted by atomic mass is 9.93. The third kappa shape index (κ3) is 3.17. The number of aromatic amines is 1. The maximum absolute atomic E-state index is 5.79. The van der Waals surface area contributed by atoms with Crippen molar-refractivity contribution in [1.29, 1.82) is 0 Å². The predicted molar refractivity (Wildman–Crippen MR) is 104 cm³/mol. The summed E-state index contributed by atoms with van der Waals surface area (Å²) in [5.74, 6) is 1.01. The molecule has 3 aromatic rings. The molecule has 5 heteroatoms. The van der Waals surface area contributed by atoms with Crippen LogP contribution in [0.25, 0.3) is 10.9 Å². The molecule has 26 heavy (non-hydrogen) atoms. The number of hydrogen-bond acceptors (Lipinski definition) is 3. The van der Waals surface area contributed by atoms with Crippen LogP contribution in [0.15, 0.2) is 36.7 Å². The van der Waals surface area contributed by atoms with Gasteiger partial charge in [-0.25, -0.2) is 4.98 Å². The molecule has 1 aliphatic rings. The number of ether oxygens (including phenoxy) is 1. The van der Waals surface area contributed by atoms with Crippen LogP contribution in [0, 0.1) is 0 Å². The van der Waals surface area contributed by atoms with E-state index in [1.807, 2.05) is 6.20 Å². The summed E-state index contributed by atoms with van der Waals surface area (Å²) in [4.78, 5) is 10.7. The fourth-order valence-electron chi connectivity index (χ4n) is 3.74. The van der Waals surface area contributed by atoms with Crippen molar-refractivity contribution in [3.05, 3.63) is 53.7 Å². The second-order valence-electron chi connectivity index (χ2n) is 8.28. The number of imidazole rings is 1. The van der Waals surface area contributed by atoms with E-state index in [2.05, 4.69) is 77.7 Å². The molecule has 4 rings (SSSR count). The molecule has 0 spiro atoms. The lowest BCUT2D eigenvalue weighted by Crippen LogP contribution is -2.39. The lowest BCUT2D eigenvalue weighted by Gasteiger charge is -2.34. The Morgan fingerprint density at radius 3 is 2.85 bits per heavy atom. The van der Waals surface area contributed by atoms with Gasteiger partial charge in [0.1, 0.15) is 5.82 Å². The minimum absolute atomic E-state index is 0.0707. The summed E-state index contributed by atoms with van der Waals surface area (Å²) in [5.41, 5.74) is 3.88. The smallest absolute Gasteiger partial charge is 0.126 e. The number of nitrogens with one attached hydrogen (secondary N) is 1. The summed E-state index contributed by atoms with van der Waals surface area (Å²) < 4.78 is 8.00. The van der Waals surface area contributed by atoms with Gasteiger partial charge in [0.2, 0.25) is 0 Å². The van der Waals surface area contributed by atoms with Gasteiger partial charge in [0.05, 0.1) is 19.3 Å². The summed E-state index contributed by atoms with van der Waals surface area (Å²) in [6, 6.07) is 8.77. The van der Waals surface area contributed by atoms with Crippen LogP contribution in [0.5, 0.6) is 0 Å². The number of aryl methyl sites for hydroxylation is 1. The van der Waals surface area contributed by atoms with Gasteiger partial charge in [-0.15, -0.1) is 0 Å². The Morgan fingerprint density at radius 2 is 2.08 bits per heavy atom. The highest BCUT2D eigenvalue weighted by Crippen LogP contribution is 2.29. The van der Waals surface area contributed by atoms with E-state index in [0.717, 1.165) is 25.5 Å². The number of para-hydroxylation sites is 1. The van der Waals surface area contributed by atoms with Crippen LogP contribution < -0.4 is 0 Å². The zero-order valence-corrected chi connectivity index (χ0v) is 16.1. The molecule has 0 amide bonds. The van der Waals surface area contributed by atoms with E-state index in [1.54, 1.807) is 0 Å². The fraction of sp³-hybridized carbons (Fsp3) is 0.476. The SMILES string of the molecule is Cn1cc(CN2CCOC[C@H]2c2ncc(C(C)(C)C)[nH]2)c2ccccc21. The van der Waals surface area contributed by atoms with E-state index >= 15 is 0 Å². The third-order valence-electron chi connectivity index (χ3n) is 5.31. The van der Waals surface area contributed by atoms with Crippen molar-refractivity contribution in [3.8, 4) is 0 Å². The average molecular weight is 352 g/mol. The first-order valence-electron chi connectivity index (χ1n) is 9.33. The lowest BCUT2D eigenvalue weighted by molar-refractivity contribution is -0.0155. The molecule has 0 bridgehead atoms. The summed E-state index contributed by atoms with van der Waals surface area (Å²) in [7, 11) is 2.12. The second-order valence-corrected chi connectivity index (χ2v) is 8.28. The zero-order chi connectivity index (χ0) is 18.3. The Hall–Kier alpha value is -2.11. The highest BCUT2D eigenvalue weighted by Gasteiger charge is 2.29. The predicted octanol–water partition coefficient (Wildman–Crippen LogP) is 3.77. The van der Waals surface area contributed by atoms with Gasteiger partial charge in [-0.2, -0.15) is 0 Å². The summed E-state index contributed by atoms with van der Waals surface area (Å²) >= 11 is 0. The van der Waals surface area contributed by atoms with Crippen molar-refractivity contribution in [3.63, 3.8) is 0 Å². The first-order chi connectivity index (χ1) is 12.4. The van der Waals surface area contributed by atoms with Crippen LogP contribution in [0.2, 0.25) is 0 Å². The van der Waals surface area contributed by atoms with Gasteiger partial charge in [-0.1, -0.05) is 39.0 Å². The number of benzene rings is 1. The number of hydrogen-bond donors (Lipinski definition) is 1. The minimum atomic E-state index is 0.0707. The molecule has 1 fully saturated rings. The average Bonchev–Trinajstić information content (AvgIpc) is 3.22. The van der Waals surface area contributed by atoms with Crippen molar-refractivity contribution in [2.45, 2.75) is 38.8 Å². The molecular weight excluding hydrogens is 324 g/mol. The number of fused-ring (bicyclic) bond motifs is 1. The van der Waals surface area contributed by atoms with Crippen LogP contribution in [0.1, 0.15) is 43.9 Å². The summed E-state index contributed by atoms with van der Waals surface area (Å²) in [6.07, 6.45) is 4.22. The number of rotatable bonds is 3. The summed E-state index contributed by atoms with van der Waals surface area (Å²) in [6.45, 7) is 9.89. The van der Waals surface area contributed by atoms with Crippen molar-refractivity contribution < 1.29 is 4.74 Å². The Balaban J connectivity index is 1.62. The van der Waals surface area contributed by atoms with Crippen molar-refractivity contribution in [1.82, 2.24) is 19.4 Å². The Morgan fingerprint density at radius 1 is 1.27 bits per heavy atom. The van der Waals surface area contributed by atoms with Gasteiger partial charge < -0.3 is 14.3 Å². The highest BCUT2D eigenvalue weighted by atomic mass is 16.5. The molecule has 0 radical (unpaired) electrons. The van der Waals surface area contributed by atoms with Gasteiger partial charge in [0.25, 0.3) is 0 Å². The second kappa shape index (κ2) is 6.56. The molecule has 5 nitrogen and oxygen atoms in total. The van der Waals surface area contributed by atoms with Crippen molar-refractivity contribution in [2.24, 2.45) is 7.05 Å². The van der Waals surface area contributed by atoms with E-state index in [0.29, 0.717) is 6.61 Å². The number of nitrogens with zero attached hydrogens (tertiary/aromatic N) is 3. The topological polar surface area (TPSA) is 46.1 Å². The van der Waals surface area contributed by atoms with Gasteiger partial charge in [0, 0.05) is 54.5 Å². The van der Waals surface area contributed by atoms with Crippen molar-refractivity contribution >= 4 is 10.9 Å². The van der Waals surface area contributed by atoms with E-state index < -0.39 is 0 Å². The van der Waals surface area contributed by atoms with Crippen LogP contribution in [-0.2, 0) is 23.7 Å². The minimum Gasteiger partial charge on any atom is -0.378 e. The Labute approximate surface area is 155 Å². The van der Waals surface area contributed by atoms with Crippen LogP contribution in [0.4, 0.5) is 0 Å². The van der Waals surface area contributed by atoms with Gasteiger partial charge in [-0.05, 0) is 11.6 Å². The number of morpholine rings is 1. The largest absolute Gasteiger partial charge is 0.378 e. The van der Waals surface area contributed by atoms with E-state index in [4.69, 9.17) is 4.74 Å². The molecule has 1 saturated heterocycles. The van der Waals surface area contributed by atoms with Gasteiger partial charge >= 0.3 is 0 Å². The first-order valence-corrected chi connectivity index (χ1v) is 9.33.